The Morgan fingerprint density at radius 1 is 1.04 bits per heavy atom. The Balaban J connectivity index is 1.46. The molecular weight excluding hydrogens is 338 g/mol. The zero-order chi connectivity index (χ0) is 18.2. The summed E-state index contributed by atoms with van der Waals surface area (Å²) in [7, 11) is 0. The van der Waals surface area contributed by atoms with Gasteiger partial charge in [0.05, 0.1) is 17.8 Å². The quantitative estimate of drug-likeness (QED) is 0.485. The van der Waals surface area contributed by atoms with Gasteiger partial charge in [0.15, 0.2) is 5.69 Å². The molecule has 1 aliphatic heterocycles. The molecule has 0 saturated heterocycles. The van der Waals surface area contributed by atoms with Crippen LogP contribution in [0.3, 0.4) is 0 Å². The molecule has 4 aromatic rings. The van der Waals surface area contributed by atoms with Gasteiger partial charge in [0.25, 0.3) is 0 Å². The maximum Gasteiger partial charge on any atom is 0.212 e. The normalized spacial score (nSPS) is 13.1. The van der Waals surface area contributed by atoms with Crippen LogP contribution >= 0.6 is 0 Å². The molecule has 1 aromatic carbocycles. The van der Waals surface area contributed by atoms with Crippen LogP contribution in [-0.4, -0.2) is 15.0 Å². The topological polar surface area (TPSA) is 96.6 Å². The molecule has 0 atom stereocenters. The minimum absolute atomic E-state index is 0.502. The number of nitrogens with zero attached hydrogens (tertiary/aromatic N) is 4. The molecule has 3 aromatic heterocycles. The van der Waals surface area contributed by atoms with Crippen LogP contribution in [0.15, 0.2) is 67.0 Å². The van der Waals surface area contributed by atoms with Crippen LogP contribution in [0.4, 0.5) is 17.3 Å². The van der Waals surface area contributed by atoms with E-state index in [4.69, 9.17) is 10.7 Å². The second kappa shape index (κ2) is 6.31. The SMILES string of the molecule is Nc1ccc(-c2ccc3c(n2)N(Cc2ccc4ncccc4c2)N[NH2+]3)cn1. The third-order valence-electron chi connectivity index (χ3n) is 4.63. The van der Waals surface area contributed by atoms with Crippen LogP contribution in [-0.2, 0) is 6.54 Å². The minimum atomic E-state index is 0.502. The summed E-state index contributed by atoms with van der Waals surface area (Å²) in [5.74, 6) is 1.40. The van der Waals surface area contributed by atoms with Crippen LogP contribution in [0.5, 0.6) is 0 Å². The molecule has 5 rings (SSSR count). The molecule has 0 aliphatic carbocycles. The van der Waals surface area contributed by atoms with Gasteiger partial charge in [-0.25, -0.2) is 20.4 Å². The number of hydrogen-bond acceptors (Lipinski definition) is 6. The first kappa shape index (κ1) is 15.7. The summed E-state index contributed by atoms with van der Waals surface area (Å²) >= 11 is 0. The highest BCUT2D eigenvalue weighted by atomic mass is 15.7. The van der Waals surface area contributed by atoms with Gasteiger partial charge in [-0.15, -0.1) is 0 Å². The molecule has 132 valence electrons. The van der Waals surface area contributed by atoms with Gasteiger partial charge in [0, 0.05) is 29.4 Å². The number of benzene rings is 1. The average Bonchev–Trinajstić information content (AvgIpc) is 3.10. The van der Waals surface area contributed by atoms with Crippen LogP contribution in [0.25, 0.3) is 22.2 Å². The van der Waals surface area contributed by atoms with E-state index in [2.05, 4.69) is 45.8 Å². The lowest BCUT2D eigenvalue weighted by Gasteiger charge is -2.15. The molecule has 7 heteroatoms. The second-order valence-corrected chi connectivity index (χ2v) is 6.47. The zero-order valence-electron chi connectivity index (χ0n) is 14.5. The Kier molecular flexibility index (Phi) is 3.67. The number of nitrogens with one attached hydrogen (secondary N) is 1. The van der Waals surface area contributed by atoms with Crippen LogP contribution in [0.1, 0.15) is 5.56 Å². The zero-order valence-corrected chi connectivity index (χ0v) is 14.5. The van der Waals surface area contributed by atoms with E-state index in [0.29, 0.717) is 12.4 Å². The van der Waals surface area contributed by atoms with Crippen molar-refractivity contribution in [1.82, 2.24) is 20.5 Å². The maximum atomic E-state index is 5.68. The number of hydrazine groups is 1. The second-order valence-electron chi connectivity index (χ2n) is 6.47. The average molecular weight is 356 g/mol. The highest BCUT2D eigenvalue weighted by molar-refractivity contribution is 5.79. The number of pyridine rings is 3. The molecule has 5 N–H and O–H groups in total. The largest absolute Gasteiger partial charge is 0.384 e. The number of anilines is 2. The molecule has 0 saturated carbocycles. The van der Waals surface area contributed by atoms with Crippen LogP contribution < -0.4 is 21.7 Å². The molecule has 1 aliphatic rings. The summed E-state index contributed by atoms with van der Waals surface area (Å²) in [5.41, 5.74) is 16.0. The van der Waals surface area contributed by atoms with Gasteiger partial charge in [-0.2, -0.15) is 0 Å². The standard InChI is InChI=1S/C20H17N7/c21-19-8-4-15(11-23-19)17-6-7-18-20(24-17)27(26-25-18)12-13-3-5-16-14(10-13)2-1-9-22-16/h1-11,25-26H,12H2,(H2,21,23)/p+1. The van der Waals surface area contributed by atoms with E-state index in [-0.39, 0.29) is 0 Å². The lowest BCUT2D eigenvalue weighted by molar-refractivity contribution is -0.626. The van der Waals surface area contributed by atoms with E-state index in [1.54, 1.807) is 12.3 Å². The number of aromatic nitrogens is 3. The van der Waals surface area contributed by atoms with E-state index < -0.39 is 0 Å². The van der Waals surface area contributed by atoms with Crippen molar-refractivity contribution in [2.75, 3.05) is 10.7 Å². The first-order valence-electron chi connectivity index (χ1n) is 8.70. The summed E-state index contributed by atoms with van der Waals surface area (Å²) in [5, 5.41) is 3.18. The van der Waals surface area contributed by atoms with E-state index in [1.165, 1.54) is 5.56 Å². The summed E-state index contributed by atoms with van der Waals surface area (Å²) in [4.78, 5) is 13.4. The van der Waals surface area contributed by atoms with E-state index in [9.17, 15) is 0 Å². The van der Waals surface area contributed by atoms with Crippen molar-refractivity contribution in [2.45, 2.75) is 6.54 Å². The molecular formula is C20H18N7+. The van der Waals surface area contributed by atoms with E-state index >= 15 is 0 Å². The Labute approximate surface area is 155 Å². The minimum Gasteiger partial charge on any atom is -0.384 e. The van der Waals surface area contributed by atoms with Gasteiger partial charge in [0.2, 0.25) is 5.82 Å². The molecule has 0 spiro atoms. The Morgan fingerprint density at radius 2 is 2.00 bits per heavy atom. The van der Waals surface area contributed by atoms with Crippen molar-refractivity contribution in [3.63, 3.8) is 0 Å². The number of nitrogen functional groups attached to an aromatic ring is 1. The van der Waals surface area contributed by atoms with Gasteiger partial charge in [-0.1, -0.05) is 17.7 Å². The monoisotopic (exact) mass is 356 g/mol. The van der Waals surface area contributed by atoms with Gasteiger partial charge >= 0.3 is 0 Å². The highest BCUT2D eigenvalue weighted by Gasteiger charge is 2.25. The predicted molar refractivity (Wildman–Crippen MR) is 105 cm³/mol. The van der Waals surface area contributed by atoms with Gasteiger partial charge in [-0.3, -0.25) is 4.98 Å². The summed E-state index contributed by atoms with van der Waals surface area (Å²) < 4.78 is 0. The highest BCUT2D eigenvalue weighted by Crippen LogP contribution is 2.27. The van der Waals surface area contributed by atoms with E-state index in [1.807, 2.05) is 34.8 Å². The van der Waals surface area contributed by atoms with Crippen molar-refractivity contribution in [3.8, 4) is 11.3 Å². The Hall–Kier alpha value is -3.55. The van der Waals surface area contributed by atoms with E-state index in [0.717, 1.165) is 33.7 Å². The van der Waals surface area contributed by atoms with Crippen molar-refractivity contribution >= 4 is 28.2 Å². The van der Waals surface area contributed by atoms with Crippen LogP contribution in [0.2, 0.25) is 0 Å². The van der Waals surface area contributed by atoms with Crippen LogP contribution in [0, 0.1) is 0 Å². The summed E-state index contributed by atoms with van der Waals surface area (Å²) in [6.07, 6.45) is 3.56. The third kappa shape index (κ3) is 2.95. The fourth-order valence-electron chi connectivity index (χ4n) is 3.24. The first-order chi connectivity index (χ1) is 13.3. The molecule has 0 fully saturated rings. The molecule has 0 radical (unpaired) electrons. The first-order valence-corrected chi connectivity index (χ1v) is 8.70. The summed E-state index contributed by atoms with van der Waals surface area (Å²) in [6.45, 7) is 0.699. The number of quaternary nitrogens is 1. The molecule has 7 nitrogen and oxygen atoms in total. The fraction of sp³-hybridized carbons (Fsp3) is 0.0500. The molecule has 0 amide bonds. The molecule has 27 heavy (non-hydrogen) atoms. The maximum absolute atomic E-state index is 5.68. The lowest BCUT2D eigenvalue weighted by atomic mass is 10.1. The summed E-state index contributed by atoms with van der Waals surface area (Å²) in [6, 6.07) is 18.1. The Morgan fingerprint density at radius 3 is 2.89 bits per heavy atom. The Bertz CT molecular complexity index is 1120. The van der Waals surface area contributed by atoms with Crippen molar-refractivity contribution in [3.05, 3.63) is 72.6 Å². The fourth-order valence-corrected chi connectivity index (χ4v) is 3.24. The number of rotatable bonds is 3. The van der Waals surface area contributed by atoms with Gasteiger partial charge < -0.3 is 5.73 Å². The van der Waals surface area contributed by atoms with Crippen molar-refractivity contribution in [2.24, 2.45) is 0 Å². The van der Waals surface area contributed by atoms with Gasteiger partial charge in [0.1, 0.15) is 5.82 Å². The van der Waals surface area contributed by atoms with Crippen molar-refractivity contribution < 1.29 is 5.43 Å². The number of fused-ring (bicyclic) bond motifs is 2. The molecule has 0 bridgehead atoms. The third-order valence-corrected chi connectivity index (χ3v) is 4.63. The van der Waals surface area contributed by atoms with Crippen molar-refractivity contribution in [1.29, 1.82) is 0 Å². The smallest absolute Gasteiger partial charge is 0.212 e. The number of hydrogen-bond donors (Lipinski definition) is 3. The molecule has 4 heterocycles. The number of nitrogens with two attached hydrogens (primary N) is 2. The van der Waals surface area contributed by atoms with Gasteiger partial charge in [-0.05, 0) is 42.0 Å². The lowest BCUT2D eigenvalue weighted by Crippen LogP contribution is -2.87. The predicted octanol–water partition coefficient (Wildman–Crippen LogP) is 1.91. The molecule has 0 unspecified atom stereocenters.